The first-order chi connectivity index (χ1) is 9.26. The third-order valence-corrected chi connectivity index (χ3v) is 3.39. The summed E-state index contributed by atoms with van der Waals surface area (Å²) in [4.78, 5) is 14.2. The zero-order chi connectivity index (χ0) is 15.3. The number of carbonyl (C=O) groups excluding carboxylic acids is 1. The molecule has 0 unspecified atom stereocenters. The van der Waals surface area contributed by atoms with Gasteiger partial charge in [0.2, 0.25) is 0 Å². The Morgan fingerprint density at radius 1 is 1.35 bits per heavy atom. The van der Waals surface area contributed by atoms with E-state index in [0.717, 1.165) is 0 Å². The number of hydrogen-bond acceptors (Lipinski definition) is 4. The van der Waals surface area contributed by atoms with E-state index in [0.29, 0.717) is 30.2 Å². The number of nitrogens with one attached hydrogen (secondary N) is 1. The van der Waals surface area contributed by atoms with Gasteiger partial charge in [0.25, 0.3) is 5.91 Å². The number of nitrogen functional groups attached to an aromatic ring is 1. The van der Waals surface area contributed by atoms with Crippen LogP contribution in [0.1, 0.15) is 31.1 Å². The van der Waals surface area contributed by atoms with Crippen molar-refractivity contribution in [2.75, 3.05) is 33.0 Å². The van der Waals surface area contributed by atoms with Gasteiger partial charge in [0, 0.05) is 29.4 Å². The molecule has 0 aliphatic carbocycles. The monoisotopic (exact) mass is 279 g/mol. The molecule has 0 aliphatic heterocycles. The molecule has 20 heavy (non-hydrogen) atoms. The Bertz CT molecular complexity index is 470. The molecule has 0 radical (unpaired) electrons. The second-order valence-electron chi connectivity index (χ2n) is 5.61. The van der Waals surface area contributed by atoms with Crippen molar-refractivity contribution in [1.29, 1.82) is 0 Å². The smallest absolute Gasteiger partial charge is 0.251 e. The Kier molecular flexibility index (Phi) is 5.39. The normalized spacial score (nSPS) is 11.5. The number of carbonyl (C=O) groups is 1. The van der Waals surface area contributed by atoms with Crippen LogP contribution in [0.25, 0.3) is 0 Å². The van der Waals surface area contributed by atoms with Crippen molar-refractivity contribution in [3.8, 4) is 5.75 Å². The third-order valence-electron chi connectivity index (χ3n) is 3.39. The Morgan fingerprint density at radius 3 is 2.55 bits per heavy atom. The van der Waals surface area contributed by atoms with Crippen molar-refractivity contribution < 1.29 is 9.53 Å². The largest absolute Gasteiger partial charge is 0.494 e. The molecule has 112 valence electrons. The minimum Gasteiger partial charge on any atom is -0.494 e. The average Bonchev–Trinajstić information content (AvgIpc) is 2.35. The predicted octanol–water partition coefficient (Wildman–Crippen LogP) is 1.74. The van der Waals surface area contributed by atoms with E-state index in [1.807, 2.05) is 21.0 Å². The van der Waals surface area contributed by atoms with Crippen LogP contribution in [0.3, 0.4) is 0 Å². The molecule has 0 fully saturated rings. The second-order valence-corrected chi connectivity index (χ2v) is 5.61. The summed E-state index contributed by atoms with van der Waals surface area (Å²) in [5.74, 6) is 0.470. The van der Waals surface area contributed by atoms with E-state index >= 15 is 0 Å². The van der Waals surface area contributed by atoms with E-state index < -0.39 is 0 Å². The molecular weight excluding hydrogens is 254 g/mol. The summed E-state index contributed by atoms with van der Waals surface area (Å²) in [7, 11) is 3.97. The fraction of sp³-hybridized carbons (Fsp3) is 0.533. The number of amides is 1. The molecule has 5 nitrogen and oxygen atoms in total. The summed E-state index contributed by atoms with van der Waals surface area (Å²) in [6, 6.07) is 5.07. The molecule has 5 heteroatoms. The van der Waals surface area contributed by atoms with Gasteiger partial charge in [0.05, 0.1) is 6.61 Å². The van der Waals surface area contributed by atoms with Gasteiger partial charge in [-0.2, -0.15) is 0 Å². The molecule has 1 aromatic carbocycles. The predicted molar refractivity (Wildman–Crippen MR) is 82.1 cm³/mol. The van der Waals surface area contributed by atoms with Gasteiger partial charge in [-0.05, 0) is 47.0 Å². The first-order valence-electron chi connectivity index (χ1n) is 6.75. The van der Waals surface area contributed by atoms with Gasteiger partial charge in [0.1, 0.15) is 5.75 Å². The quantitative estimate of drug-likeness (QED) is 0.778. The maximum atomic E-state index is 12.2. The minimum absolute atomic E-state index is 0.112. The number of likely N-dealkylation sites (N-methyl/N-ethyl adjacent to an activating group) is 1. The lowest BCUT2D eigenvalue weighted by atomic mass is 10.0. The third kappa shape index (κ3) is 4.42. The van der Waals surface area contributed by atoms with E-state index in [9.17, 15) is 4.79 Å². The van der Waals surface area contributed by atoms with E-state index in [1.165, 1.54) is 0 Å². The summed E-state index contributed by atoms with van der Waals surface area (Å²) in [5, 5.41) is 2.93. The molecule has 0 saturated carbocycles. The van der Waals surface area contributed by atoms with E-state index in [2.05, 4.69) is 24.1 Å². The average molecular weight is 279 g/mol. The van der Waals surface area contributed by atoms with Crippen molar-refractivity contribution >= 4 is 11.6 Å². The molecule has 0 heterocycles. The highest BCUT2D eigenvalue weighted by Crippen LogP contribution is 2.19. The highest BCUT2D eigenvalue weighted by molar-refractivity contribution is 5.95. The van der Waals surface area contributed by atoms with Crippen molar-refractivity contribution in [3.63, 3.8) is 0 Å². The molecule has 0 aliphatic rings. The van der Waals surface area contributed by atoms with Crippen LogP contribution in [0.2, 0.25) is 0 Å². The van der Waals surface area contributed by atoms with Crippen molar-refractivity contribution in [1.82, 2.24) is 10.2 Å². The van der Waals surface area contributed by atoms with Crippen LogP contribution >= 0.6 is 0 Å². The van der Waals surface area contributed by atoms with E-state index in [-0.39, 0.29) is 11.4 Å². The van der Waals surface area contributed by atoms with Crippen LogP contribution in [0.5, 0.6) is 5.75 Å². The lowest BCUT2D eigenvalue weighted by Crippen LogP contribution is -2.48. The lowest BCUT2D eigenvalue weighted by Gasteiger charge is -2.32. The first-order valence-corrected chi connectivity index (χ1v) is 6.75. The van der Waals surface area contributed by atoms with Gasteiger partial charge in [-0.1, -0.05) is 0 Å². The van der Waals surface area contributed by atoms with Crippen LogP contribution in [0.4, 0.5) is 5.69 Å². The molecule has 1 rings (SSSR count). The maximum Gasteiger partial charge on any atom is 0.251 e. The van der Waals surface area contributed by atoms with E-state index in [4.69, 9.17) is 10.5 Å². The molecular formula is C15H25N3O2. The Labute approximate surface area is 121 Å². The molecule has 3 N–H and O–H groups in total. The topological polar surface area (TPSA) is 67.6 Å². The van der Waals surface area contributed by atoms with Crippen molar-refractivity contribution in [2.24, 2.45) is 0 Å². The van der Waals surface area contributed by atoms with Gasteiger partial charge in [0.15, 0.2) is 0 Å². The van der Waals surface area contributed by atoms with Crippen LogP contribution in [0.15, 0.2) is 18.2 Å². The first kappa shape index (κ1) is 16.3. The van der Waals surface area contributed by atoms with Gasteiger partial charge in [-0.3, -0.25) is 4.79 Å². The molecule has 0 bridgehead atoms. The fourth-order valence-electron chi connectivity index (χ4n) is 1.56. The number of nitrogens with two attached hydrogens (primary N) is 1. The fourth-order valence-corrected chi connectivity index (χ4v) is 1.56. The summed E-state index contributed by atoms with van der Waals surface area (Å²) in [6.07, 6.45) is 0. The highest BCUT2D eigenvalue weighted by atomic mass is 16.5. The van der Waals surface area contributed by atoms with E-state index in [1.54, 1.807) is 18.2 Å². The molecule has 0 spiro atoms. The number of anilines is 1. The van der Waals surface area contributed by atoms with Crippen LogP contribution in [-0.4, -0.2) is 43.6 Å². The summed E-state index contributed by atoms with van der Waals surface area (Å²) < 4.78 is 5.39. The summed E-state index contributed by atoms with van der Waals surface area (Å²) in [6.45, 7) is 7.12. The molecule has 0 aromatic heterocycles. The molecule has 0 atom stereocenters. The number of ether oxygens (including phenoxy) is 1. The van der Waals surface area contributed by atoms with Crippen LogP contribution in [0, 0.1) is 0 Å². The molecule has 1 amide bonds. The summed E-state index contributed by atoms with van der Waals surface area (Å²) >= 11 is 0. The Balaban J connectivity index is 2.77. The molecule has 1 aromatic rings. The molecule has 0 saturated heterocycles. The Morgan fingerprint density at radius 2 is 2.00 bits per heavy atom. The van der Waals surface area contributed by atoms with Gasteiger partial charge >= 0.3 is 0 Å². The van der Waals surface area contributed by atoms with Crippen molar-refractivity contribution in [2.45, 2.75) is 26.3 Å². The highest BCUT2D eigenvalue weighted by Gasteiger charge is 2.21. The maximum absolute atomic E-state index is 12.2. The standard InChI is InChI=1S/C15H25N3O2/c1-6-20-13-8-11(7-12(16)9-13)14(19)17-10-15(2,3)18(4)5/h7-9H,6,10,16H2,1-5H3,(H,17,19). The zero-order valence-electron chi connectivity index (χ0n) is 13.0. The van der Waals surface area contributed by atoms with Gasteiger partial charge < -0.3 is 20.7 Å². The lowest BCUT2D eigenvalue weighted by molar-refractivity contribution is 0.0919. The minimum atomic E-state index is -0.145. The van der Waals surface area contributed by atoms with Gasteiger partial charge in [-0.25, -0.2) is 0 Å². The summed E-state index contributed by atoms with van der Waals surface area (Å²) in [5.41, 5.74) is 6.72. The van der Waals surface area contributed by atoms with Crippen LogP contribution < -0.4 is 15.8 Å². The number of rotatable bonds is 6. The van der Waals surface area contributed by atoms with Crippen LogP contribution in [-0.2, 0) is 0 Å². The second kappa shape index (κ2) is 6.61. The number of hydrogen-bond donors (Lipinski definition) is 2. The SMILES string of the molecule is CCOc1cc(N)cc(C(=O)NCC(C)(C)N(C)C)c1. The van der Waals surface area contributed by atoms with Gasteiger partial charge in [-0.15, -0.1) is 0 Å². The zero-order valence-corrected chi connectivity index (χ0v) is 13.0. The number of nitrogens with zero attached hydrogens (tertiary/aromatic N) is 1. The van der Waals surface area contributed by atoms with Crippen molar-refractivity contribution in [3.05, 3.63) is 23.8 Å². The Hall–Kier alpha value is -1.75. The number of benzene rings is 1.